The molecule has 0 saturated heterocycles. The molecule has 0 aliphatic rings. The molecule has 3 aromatic heterocycles. The van der Waals surface area contributed by atoms with Crippen molar-refractivity contribution in [2.45, 2.75) is 0 Å². The lowest BCUT2D eigenvalue weighted by atomic mass is 10.2. The number of methoxy groups -OCH3 is 1. The highest BCUT2D eigenvalue weighted by Gasteiger charge is 2.20. The van der Waals surface area contributed by atoms with Gasteiger partial charge in [0, 0.05) is 32.6 Å². The minimum atomic E-state index is -0.569. The summed E-state index contributed by atoms with van der Waals surface area (Å²) < 4.78 is 18.8. The monoisotopic (exact) mass is 679 g/mol. The van der Waals surface area contributed by atoms with Gasteiger partial charge >= 0.3 is 0 Å². The van der Waals surface area contributed by atoms with E-state index in [0.717, 1.165) is 16.3 Å². The molecular weight excluding hydrogens is 665 g/mol. The lowest BCUT2D eigenvalue weighted by molar-refractivity contribution is -0.385. The molecule has 0 fully saturated rings. The molecule has 11 nitrogen and oxygen atoms in total. The topological polar surface area (TPSA) is 135 Å². The van der Waals surface area contributed by atoms with E-state index in [1.807, 2.05) is 0 Å². The lowest BCUT2D eigenvalue weighted by Gasteiger charge is -2.14. The van der Waals surface area contributed by atoms with E-state index >= 15 is 0 Å². The zero-order valence-electron chi connectivity index (χ0n) is 21.8. The molecular formula is C29H16BrCl2N5O6. The van der Waals surface area contributed by atoms with Crippen LogP contribution in [-0.4, -0.2) is 32.9 Å². The molecule has 214 valence electrons. The number of rotatable bonds is 7. The molecule has 6 rings (SSSR count). The summed E-state index contributed by atoms with van der Waals surface area (Å²) in [5.74, 6) is 0.871. The zero-order chi connectivity index (χ0) is 30.2. The Bertz CT molecular complexity index is 2150. The molecule has 0 aliphatic heterocycles. The third kappa shape index (κ3) is 5.43. The highest BCUT2D eigenvalue weighted by atomic mass is 79.9. The maximum Gasteiger partial charge on any atom is 0.287 e. The summed E-state index contributed by atoms with van der Waals surface area (Å²) in [6.07, 6.45) is 2.47. The van der Waals surface area contributed by atoms with Gasteiger partial charge in [0.2, 0.25) is 11.7 Å². The Morgan fingerprint density at radius 1 is 1.12 bits per heavy atom. The average Bonchev–Trinajstić information content (AvgIpc) is 3.43. The summed E-state index contributed by atoms with van der Waals surface area (Å²) in [5, 5.41) is 17.2. The Morgan fingerprint density at radius 3 is 2.67 bits per heavy atom. The maximum atomic E-state index is 13.6. The Balaban J connectivity index is 1.44. The fraction of sp³-hybridized carbons (Fsp3) is 0.0345. The second-order valence-corrected chi connectivity index (χ2v) is 10.6. The minimum Gasteiger partial charge on any atom is -0.493 e. The van der Waals surface area contributed by atoms with Crippen molar-refractivity contribution in [3.8, 4) is 29.0 Å². The molecule has 3 aromatic carbocycles. The van der Waals surface area contributed by atoms with E-state index in [-0.39, 0.29) is 33.9 Å². The standard InChI is InChI=1S/C29H16BrCl2N5O6/c1-41-22-12-16(25(30)26(32)27(22)43-24-9-7-18(14-33-24)37(39)40)13-34-36-28(35-20-5-3-2-4-19(20)29(36)38)23-11-15-10-17(31)6-8-21(15)42-23/h2-14H,1H3. The van der Waals surface area contributed by atoms with Crippen molar-refractivity contribution in [3.05, 3.63) is 113 Å². The number of pyridine rings is 1. The molecule has 0 radical (unpaired) electrons. The number of hydrogen-bond donors (Lipinski definition) is 0. The second kappa shape index (κ2) is 11.5. The number of para-hydroxylation sites is 1. The van der Waals surface area contributed by atoms with Crippen LogP contribution in [0, 0.1) is 10.1 Å². The number of fused-ring (bicyclic) bond motifs is 2. The van der Waals surface area contributed by atoms with E-state index in [0.29, 0.717) is 37.3 Å². The van der Waals surface area contributed by atoms with Gasteiger partial charge in [-0.2, -0.15) is 9.78 Å². The number of nitro groups is 1. The van der Waals surface area contributed by atoms with E-state index in [4.69, 9.17) is 37.1 Å². The van der Waals surface area contributed by atoms with E-state index in [9.17, 15) is 14.9 Å². The number of halogens is 3. The quantitative estimate of drug-likeness (QED) is 0.0944. The molecule has 0 saturated carbocycles. The third-order valence-electron chi connectivity index (χ3n) is 6.28. The lowest BCUT2D eigenvalue weighted by Crippen LogP contribution is -2.20. The summed E-state index contributed by atoms with van der Waals surface area (Å²) in [6, 6.07) is 18.0. The molecule has 0 amide bonds. The van der Waals surface area contributed by atoms with Crippen LogP contribution >= 0.6 is 39.1 Å². The summed E-state index contributed by atoms with van der Waals surface area (Å²) in [4.78, 5) is 32.6. The van der Waals surface area contributed by atoms with Gasteiger partial charge in [-0.15, -0.1) is 0 Å². The normalized spacial score (nSPS) is 11.4. The summed E-state index contributed by atoms with van der Waals surface area (Å²) in [6.45, 7) is 0. The van der Waals surface area contributed by atoms with Crippen molar-refractivity contribution < 1.29 is 18.8 Å². The van der Waals surface area contributed by atoms with Crippen LogP contribution in [0.15, 0.2) is 91.7 Å². The zero-order valence-corrected chi connectivity index (χ0v) is 24.9. The van der Waals surface area contributed by atoms with E-state index in [2.05, 4.69) is 31.0 Å². The Hall–Kier alpha value is -4.78. The average molecular weight is 681 g/mol. The summed E-state index contributed by atoms with van der Waals surface area (Å²) in [5.41, 5.74) is 0.860. The molecule has 43 heavy (non-hydrogen) atoms. The van der Waals surface area contributed by atoms with Crippen molar-refractivity contribution >= 4 is 72.9 Å². The van der Waals surface area contributed by atoms with Crippen molar-refractivity contribution in [1.29, 1.82) is 0 Å². The molecule has 0 unspecified atom stereocenters. The fourth-order valence-electron chi connectivity index (χ4n) is 4.23. The van der Waals surface area contributed by atoms with Gasteiger partial charge in [0.05, 0.1) is 29.2 Å². The number of ether oxygens (including phenoxy) is 2. The third-order valence-corrected chi connectivity index (χ3v) is 7.96. The number of hydrogen-bond acceptors (Lipinski definition) is 9. The molecule has 0 spiro atoms. The fourth-order valence-corrected chi connectivity index (χ4v) is 5.04. The smallest absolute Gasteiger partial charge is 0.287 e. The van der Waals surface area contributed by atoms with Crippen LogP contribution < -0.4 is 15.0 Å². The van der Waals surface area contributed by atoms with E-state index in [1.54, 1.807) is 54.6 Å². The molecule has 14 heteroatoms. The highest BCUT2D eigenvalue weighted by Crippen LogP contribution is 2.44. The number of furan rings is 1. The van der Waals surface area contributed by atoms with Crippen LogP contribution in [0.1, 0.15) is 5.56 Å². The molecule has 3 heterocycles. The molecule has 6 aromatic rings. The van der Waals surface area contributed by atoms with Gasteiger partial charge in [-0.3, -0.25) is 14.9 Å². The Kier molecular flexibility index (Phi) is 7.57. The van der Waals surface area contributed by atoms with Crippen molar-refractivity contribution in [2.24, 2.45) is 5.10 Å². The van der Waals surface area contributed by atoms with Crippen molar-refractivity contribution in [3.63, 3.8) is 0 Å². The number of benzene rings is 3. The Labute approximate surface area is 260 Å². The Morgan fingerprint density at radius 2 is 1.93 bits per heavy atom. The van der Waals surface area contributed by atoms with Gasteiger partial charge in [0.15, 0.2) is 17.3 Å². The van der Waals surface area contributed by atoms with Crippen molar-refractivity contribution in [1.82, 2.24) is 14.6 Å². The SMILES string of the molecule is COc1cc(C=Nn2c(-c3cc4cc(Cl)ccc4o3)nc3ccccc3c2=O)c(Br)c(Cl)c1Oc1ccc([N+](=O)[O-])cn1. The summed E-state index contributed by atoms with van der Waals surface area (Å²) in [7, 11) is 1.42. The van der Waals surface area contributed by atoms with Crippen LogP contribution in [-0.2, 0) is 0 Å². The predicted octanol–water partition coefficient (Wildman–Crippen LogP) is 7.87. The largest absolute Gasteiger partial charge is 0.493 e. The first-order chi connectivity index (χ1) is 20.7. The first-order valence-electron chi connectivity index (χ1n) is 12.3. The van der Waals surface area contributed by atoms with Gasteiger partial charge < -0.3 is 13.9 Å². The van der Waals surface area contributed by atoms with Crippen LogP contribution in [0.25, 0.3) is 33.5 Å². The predicted molar refractivity (Wildman–Crippen MR) is 166 cm³/mol. The van der Waals surface area contributed by atoms with Gasteiger partial charge in [-0.1, -0.05) is 35.3 Å². The van der Waals surface area contributed by atoms with Gasteiger partial charge in [-0.05, 0) is 58.4 Å². The summed E-state index contributed by atoms with van der Waals surface area (Å²) >= 11 is 16.2. The molecule has 0 bridgehead atoms. The minimum absolute atomic E-state index is 0.0599. The van der Waals surface area contributed by atoms with Crippen LogP contribution in [0.5, 0.6) is 17.4 Å². The van der Waals surface area contributed by atoms with Crippen molar-refractivity contribution in [2.75, 3.05) is 7.11 Å². The second-order valence-electron chi connectivity index (χ2n) is 8.95. The van der Waals surface area contributed by atoms with Gasteiger partial charge in [-0.25, -0.2) is 9.97 Å². The van der Waals surface area contributed by atoms with E-state index < -0.39 is 10.5 Å². The number of nitrogens with zero attached hydrogens (tertiary/aromatic N) is 5. The number of aromatic nitrogens is 3. The maximum absolute atomic E-state index is 13.6. The first kappa shape index (κ1) is 28.3. The van der Waals surface area contributed by atoms with Crippen LogP contribution in [0.3, 0.4) is 0 Å². The molecule has 0 N–H and O–H groups in total. The van der Waals surface area contributed by atoms with Crippen LogP contribution in [0.2, 0.25) is 10.0 Å². The first-order valence-corrected chi connectivity index (χ1v) is 13.9. The van der Waals surface area contributed by atoms with Gasteiger partial charge in [0.1, 0.15) is 16.8 Å². The van der Waals surface area contributed by atoms with Gasteiger partial charge in [0.25, 0.3) is 11.2 Å². The highest BCUT2D eigenvalue weighted by molar-refractivity contribution is 9.10. The van der Waals surface area contributed by atoms with Crippen LogP contribution in [0.4, 0.5) is 5.69 Å². The molecule has 0 atom stereocenters. The molecule has 0 aliphatic carbocycles. The van der Waals surface area contributed by atoms with E-state index in [1.165, 1.54) is 25.5 Å².